The van der Waals surface area contributed by atoms with Crippen LogP contribution < -0.4 is 10.9 Å². The molecule has 2 atom stereocenters. The van der Waals surface area contributed by atoms with Gasteiger partial charge in [-0.3, -0.25) is 9.69 Å². The molecule has 128 valence electrons. The van der Waals surface area contributed by atoms with E-state index in [1.54, 1.807) is 17.0 Å². The molecule has 1 N–H and O–H groups in total. The van der Waals surface area contributed by atoms with Crippen molar-refractivity contribution in [2.75, 3.05) is 11.9 Å². The van der Waals surface area contributed by atoms with E-state index in [0.29, 0.717) is 24.4 Å². The summed E-state index contributed by atoms with van der Waals surface area (Å²) < 4.78 is 1.68. The molecule has 0 saturated carbocycles. The van der Waals surface area contributed by atoms with Crippen LogP contribution in [0, 0.1) is 0 Å². The van der Waals surface area contributed by atoms with Crippen LogP contribution in [0.2, 0.25) is 0 Å². The van der Waals surface area contributed by atoms with Crippen molar-refractivity contribution in [3.63, 3.8) is 0 Å². The fourth-order valence-corrected chi connectivity index (χ4v) is 3.39. The van der Waals surface area contributed by atoms with Crippen molar-refractivity contribution in [2.45, 2.75) is 51.9 Å². The fourth-order valence-electron chi connectivity index (χ4n) is 3.39. The monoisotopic (exact) mass is 326 g/mol. The van der Waals surface area contributed by atoms with Crippen molar-refractivity contribution in [1.82, 2.24) is 14.5 Å². The molecule has 2 heterocycles. The Morgan fingerprint density at radius 3 is 2.79 bits per heavy atom. The molecule has 5 nitrogen and oxygen atoms in total. The molecule has 1 aromatic heterocycles. The topological polar surface area (TPSA) is 50.2 Å². The molecule has 1 aliphatic heterocycles. The van der Waals surface area contributed by atoms with Gasteiger partial charge in [-0.2, -0.15) is 0 Å². The Kier molecular flexibility index (Phi) is 5.30. The molecule has 0 unspecified atom stereocenters. The lowest BCUT2D eigenvalue weighted by Crippen LogP contribution is -2.45. The smallest absolute Gasteiger partial charge is 0.293 e. The standard InChI is InChI=1S/C19H26N4O/c1-3-22-12-10-20-18(19(22)24)21-17-9-11-23(15(2)13-17)14-16-7-5-4-6-8-16/h4-8,10,12,15,17H,3,9,11,13-14H2,1-2H3,(H,20,21)/t15-,17-/m0/s1. The van der Waals surface area contributed by atoms with Gasteiger partial charge in [0, 0.05) is 44.1 Å². The van der Waals surface area contributed by atoms with Gasteiger partial charge in [-0.05, 0) is 32.3 Å². The number of aryl methyl sites for hydroxylation is 1. The summed E-state index contributed by atoms with van der Waals surface area (Å²) in [7, 11) is 0. The van der Waals surface area contributed by atoms with Crippen LogP contribution in [0.15, 0.2) is 47.5 Å². The van der Waals surface area contributed by atoms with Crippen molar-refractivity contribution in [2.24, 2.45) is 0 Å². The quantitative estimate of drug-likeness (QED) is 0.918. The minimum atomic E-state index is -0.0284. The summed E-state index contributed by atoms with van der Waals surface area (Å²) >= 11 is 0. The normalized spacial score (nSPS) is 21.6. The minimum absolute atomic E-state index is 0.0284. The third-order valence-corrected chi connectivity index (χ3v) is 4.84. The van der Waals surface area contributed by atoms with Gasteiger partial charge >= 0.3 is 0 Å². The third kappa shape index (κ3) is 3.85. The molecular formula is C19H26N4O. The van der Waals surface area contributed by atoms with Crippen LogP contribution in [0.3, 0.4) is 0 Å². The van der Waals surface area contributed by atoms with Crippen molar-refractivity contribution in [3.05, 3.63) is 58.6 Å². The van der Waals surface area contributed by atoms with Gasteiger partial charge in [0.1, 0.15) is 0 Å². The van der Waals surface area contributed by atoms with Gasteiger partial charge in [-0.15, -0.1) is 0 Å². The maximum atomic E-state index is 12.3. The molecule has 0 bridgehead atoms. The molecule has 0 aliphatic carbocycles. The van der Waals surface area contributed by atoms with Crippen molar-refractivity contribution < 1.29 is 0 Å². The number of nitrogens with one attached hydrogen (secondary N) is 1. The van der Waals surface area contributed by atoms with Crippen molar-refractivity contribution in [1.29, 1.82) is 0 Å². The van der Waals surface area contributed by atoms with Gasteiger partial charge in [-0.1, -0.05) is 30.3 Å². The molecule has 1 aromatic carbocycles. The van der Waals surface area contributed by atoms with E-state index < -0.39 is 0 Å². The zero-order valence-electron chi connectivity index (χ0n) is 14.5. The highest BCUT2D eigenvalue weighted by Gasteiger charge is 2.26. The molecule has 1 fully saturated rings. The van der Waals surface area contributed by atoms with Crippen LogP contribution in [0.25, 0.3) is 0 Å². The Morgan fingerprint density at radius 1 is 1.29 bits per heavy atom. The SMILES string of the molecule is CCn1ccnc(N[C@H]2CCN(Cc3ccccc3)[C@@H](C)C2)c1=O. The average molecular weight is 326 g/mol. The molecule has 24 heavy (non-hydrogen) atoms. The first-order valence-corrected chi connectivity index (χ1v) is 8.77. The maximum Gasteiger partial charge on any atom is 0.293 e. The van der Waals surface area contributed by atoms with Crippen molar-refractivity contribution in [3.8, 4) is 0 Å². The first-order valence-electron chi connectivity index (χ1n) is 8.77. The van der Waals surface area contributed by atoms with Gasteiger partial charge in [0.15, 0.2) is 5.82 Å². The van der Waals surface area contributed by atoms with Crippen LogP contribution in [-0.2, 0) is 13.1 Å². The molecule has 1 saturated heterocycles. The third-order valence-electron chi connectivity index (χ3n) is 4.84. The van der Waals surface area contributed by atoms with E-state index in [4.69, 9.17) is 0 Å². The second kappa shape index (κ2) is 7.62. The highest BCUT2D eigenvalue weighted by atomic mass is 16.1. The number of anilines is 1. The molecule has 0 radical (unpaired) electrons. The van der Waals surface area contributed by atoms with Crippen LogP contribution in [0.1, 0.15) is 32.3 Å². The van der Waals surface area contributed by atoms with Gasteiger partial charge in [0.2, 0.25) is 0 Å². The second-order valence-corrected chi connectivity index (χ2v) is 6.54. The fraction of sp³-hybridized carbons (Fsp3) is 0.474. The summed E-state index contributed by atoms with van der Waals surface area (Å²) in [5, 5.41) is 3.37. The van der Waals surface area contributed by atoms with E-state index in [9.17, 15) is 4.79 Å². The number of nitrogens with zero attached hydrogens (tertiary/aromatic N) is 3. The average Bonchev–Trinajstić information content (AvgIpc) is 2.60. The first-order chi connectivity index (χ1) is 11.7. The predicted molar refractivity (Wildman–Crippen MR) is 97.1 cm³/mol. The van der Waals surface area contributed by atoms with E-state index >= 15 is 0 Å². The number of likely N-dealkylation sites (tertiary alicyclic amines) is 1. The van der Waals surface area contributed by atoms with Crippen molar-refractivity contribution >= 4 is 5.82 Å². The molecule has 2 aromatic rings. The lowest BCUT2D eigenvalue weighted by molar-refractivity contribution is 0.144. The number of aromatic nitrogens is 2. The highest BCUT2D eigenvalue weighted by Crippen LogP contribution is 2.21. The summed E-state index contributed by atoms with van der Waals surface area (Å²) in [6, 6.07) is 11.4. The Labute approximate surface area is 143 Å². The number of rotatable bonds is 5. The summed E-state index contributed by atoms with van der Waals surface area (Å²) in [6.07, 6.45) is 5.48. The van der Waals surface area contributed by atoms with Gasteiger partial charge in [0.25, 0.3) is 5.56 Å². The molecule has 1 aliphatic rings. The maximum absolute atomic E-state index is 12.3. The van der Waals surface area contributed by atoms with Crippen LogP contribution in [0.4, 0.5) is 5.82 Å². The molecular weight excluding hydrogens is 300 g/mol. The summed E-state index contributed by atoms with van der Waals surface area (Å²) in [5.41, 5.74) is 1.32. The predicted octanol–water partition coefficient (Wildman–Crippen LogP) is 2.73. The summed E-state index contributed by atoms with van der Waals surface area (Å²) in [6.45, 7) is 6.92. The van der Waals surface area contributed by atoms with E-state index in [1.165, 1.54) is 5.56 Å². The molecule has 3 rings (SSSR count). The Bertz CT molecular complexity index is 713. The van der Waals surface area contributed by atoms with E-state index in [-0.39, 0.29) is 5.56 Å². The lowest BCUT2D eigenvalue weighted by atomic mass is 9.97. The first kappa shape index (κ1) is 16.7. The summed E-state index contributed by atoms with van der Waals surface area (Å²) in [4.78, 5) is 19.0. The Hall–Kier alpha value is -2.14. The van der Waals surface area contributed by atoms with E-state index in [2.05, 4.69) is 52.5 Å². The van der Waals surface area contributed by atoms with E-state index in [1.807, 2.05) is 6.92 Å². The molecule has 5 heteroatoms. The zero-order valence-corrected chi connectivity index (χ0v) is 14.5. The second-order valence-electron chi connectivity index (χ2n) is 6.54. The minimum Gasteiger partial charge on any atom is -0.363 e. The Morgan fingerprint density at radius 2 is 2.08 bits per heavy atom. The largest absolute Gasteiger partial charge is 0.363 e. The van der Waals surface area contributed by atoms with Gasteiger partial charge in [-0.25, -0.2) is 4.98 Å². The summed E-state index contributed by atoms with van der Waals surface area (Å²) in [5.74, 6) is 0.480. The Balaban J connectivity index is 1.61. The molecule has 0 amide bonds. The number of piperidine rings is 1. The zero-order chi connectivity index (χ0) is 16.9. The number of benzene rings is 1. The van der Waals surface area contributed by atoms with Crippen LogP contribution in [-0.4, -0.2) is 33.1 Å². The highest BCUT2D eigenvalue weighted by molar-refractivity contribution is 5.32. The van der Waals surface area contributed by atoms with Crippen LogP contribution >= 0.6 is 0 Å². The number of hydrogen-bond acceptors (Lipinski definition) is 4. The van der Waals surface area contributed by atoms with E-state index in [0.717, 1.165) is 25.9 Å². The van der Waals surface area contributed by atoms with Gasteiger partial charge in [0.05, 0.1) is 0 Å². The van der Waals surface area contributed by atoms with Crippen LogP contribution in [0.5, 0.6) is 0 Å². The lowest BCUT2D eigenvalue weighted by Gasteiger charge is -2.38. The number of hydrogen-bond donors (Lipinski definition) is 1. The van der Waals surface area contributed by atoms with Gasteiger partial charge < -0.3 is 9.88 Å². The molecule has 0 spiro atoms.